The average molecular weight is 462 g/mol. The summed E-state index contributed by atoms with van der Waals surface area (Å²) in [5.41, 5.74) is -0.189. The summed E-state index contributed by atoms with van der Waals surface area (Å²) < 4.78 is 2.86. The molecule has 0 atom stereocenters. The van der Waals surface area contributed by atoms with Gasteiger partial charge in [0.15, 0.2) is 10.8 Å². The van der Waals surface area contributed by atoms with Crippen LogP contribution in [0.4, 0.5) is 10.8 Å². The van der Waals surface area contributed by atoms with Crippen molar-refractivity contribution in [1.29, 1.82) is 0 Å². The van der Waals surface area contributed by atoms with Crippen LogP contribution in [0.15, 0.2) is 33.9 Å². The van der Waals surface area contributed by atoms with Crippen LogP contribution in [0.25, 0.3) is 10.3 Å². The zero-order valence-electron chi connectivity index (χ0n) is 17.4. The van der Waals surface area contributed by atoms with E-state index in [1.165, 1.54) is 26.9 Å². The van der Waals surface area contributed by atoms with Crippen LogP contribution in [0.3, 0.4) is 0 Å². The van der Waals surface area contributed by atoms with E-state index >= 15 is 0 Å². The Morgan fingerprint density at radius 3 is 2.58 bits per heavy atom. The molecule has 1 N–H and O–H groups in total. The van der Waals surface area contributed by atoms with Crippen LogP contribution in [0.1, 0.15) is 39.2 Å². The van der Waals surface area contributed by atoms with Gasteiger partial charge in [-0.2, -0.15) is 0 Å². The summed E-state index contributed by atoms with van der Waals surface area (Å²) in [4.78, 5) is 45.7. The lowest BCUT2D eigenvalue weighted by Crippen LogP contribution is -2.42. The Hall–Kier alpha value is -2.65. The first kappa shape index (κ1) is 21.6. The summed E-state index contributed by atoms with van der Waals surface area (Å²) in [7, 11) is 0. The van der Waals surface area contributed by atoms with Crippen LogP contribution >= 0.6 is 22.9 Å². The molecule has 0 unspecified atom stereocenters. The number of anilines is 2. The van der Waals surface area contributed by atoms with E-state index in [1.807, 2.05) is 0 Å². The summed E-state index contributed by atoms with van der Waals surface area (Å²) in [5, 5.41) is 3.85. The number of benzene rings is 1. The van der Waals surface area contributed by atoms with E-state index in [1.54, 1.807) is 38.1 Å². The molecule has 1 aliphatic heterocycles. The zero-order valence-corrected chi connectivity index (χ0v) is 19.0. The molecule has 1 aromatic carbocycles. The number of nitrogens with zero attached hydrogens (tertiary/aromatic N) is 4. The third kappa shape index (κ3) is 4.24. The number of aromatic nitrogens is 3. The van der Waals surface area contributed by atoms with Crippen molar-refractivity contribution < 1.29 is 4.79 Å². The molecule has 1 aliphatic rings. The monoisotopic (exact) mass is 461 g/mol. The first-order valence-electron chi connectivity index (χ1n) is 10.3. The fraction of sp³-hybridized carbons (Fsp3) is 0.429. The van der Waals surface area contributed by atoms with Gasteiger partial charge in [0.05, 0.1) is 10.7 Å². The second-order valence-electron chi connectivity index (χ2n) is 7.86. The SMILES string of the molecule is CC(C)n1c(=O)c2sc(N3CCCCC3)nc2n(CC(=O)Nc2ccccc2Cl)c1=O. The van der Waals surface area contributed by atoms with Crippen LogP contribution < -0.4 is 21.5 Å². The molecular formula is C21H24ClN5O3S. The van der Waals surface area contributed by atoms with Crippen molar-refractivity contribution in [3.63, 3.8) is 0 Å². The molecule has 4 rings (SSSR count). The lowest BCUT2D eigenvalue weighted by atomic mass is 10.1. The van der Waals surface area contributed by atoms with Crippen molar-refractivity contribution in [1.82, 2.24) is 14.1 Å². The summed E-state index contributed by atoms with van der Waals surface area (Å²) in [5.74, 6) is -0.419. The molecule has 8 nitrogen and oxygen atoms in total. The number of fused-ring (bicyclic) bond motifs is 1. The van der Waals surface area contributed by atoms with Crippen LogP contribution in [0, 0.1) is 0 Å². The lowest BCUT2D eigenvalue weighted by Gasteiger charge is -2.25. The number of piperidine rings is 1. The van der Waals surface area contributed by atoms with E-state index in [0.29, 0.717) is 20.5 Å². The first-order valence-corrected chi connectivity index (χ1v) is 11.5. The topological polar surface area (TPSA) is 89.2 Å². The summed E-state index contributed by atoms with van der Waals surface area (Å²) in [6.45, 7) is 5.02. The molecule has 3 aromatic rings. The first-order chi connectivity index (χ1) is 14.9. The van der Waals surface area contributed by atoms with E-state index in [4.69, 9.17) is 11.6 Å². The predicted molar refractivity (Wildman–Crippen MR) is 125 cm³/mol. The van der Waals surface area contributed by atoms with Crippen molar-refractivity contribution in [2.45, 2.75) is 45.7 Å². The second kappa shape index (κ2) is 8.84. The third-order valence-electron chi connectivity index (χ3n) is 5.30. The molecule has 1 fully saturated rings. The molecule has 164 valence electrons. The second-order valence-corrected chi connectivity index (χ2v) is 9.25. The summed E-state index contributed by atoms with van der Waals surface area (Å²) in [6, 6.07) is 6.54. The quantitative estimate of drug-likeness (QED) is 0.628. The highest BCUT2D eigenvalue weighted by atomic mass is 35.5. The van der Waals surface area contributed by atoms with Gasteiger partial charge < -0.3 is 10.2 Å². The Bertz CT molecular complexity index is 1240. The summed E-state index contributed by atoms with van der Waals surface area (Å²) >= 11 is 7.42. The maximum atomic E-state index is 13.2. The van der Waals surface area contributed by atoms with Gasteiger partial charge in [0.2, 0.25) is 5.91 Å². The van der Waals surface area contributed by atoms with E-state index < -0.39 is 11.6 Å². The largest absolute Gasteiger partial charge is 0.348 e. The molecule has 10 heteroatoms. The molecule has 2 aromatic heterocycles. The highest BCUT2D eigenvalue weighted by molar-refractivity contribution is 7.22. The minimum absolute atomic E-state index is 0.256. The maximum absolute atomic E-state index is 13.2. The van der Waals surface area contributed by atoms with Gasteiger partial charge in [0.1, 0.15) is 11.2 Å². The molecule has 0 spiro atoms. The molecule has 0 saturated carbocycles. The average Bonchev–Trinajstić information content (AvgIpc) is 3.19. The number of halogens is 1. The number of carbonyl (C=O) groups excluding carboxylic acids is 1. The number of hydrogen-bond donors (Lipinski definition) is 1. The van der Waals surface area contributed by atoms with Crippen molar-refractivity contribution in [2.75, 3.05) is 23.3 Å². The van der Waals surface area contributed by atoms with Gasteiger partial charge in [0.25, 0.3) is 5.56 Å². The smallest absolute Gasteiger partial charge is 0.333 e. The van der Waals surface area contributed by atoms with Gasteiger partial charge in [0, 0.05) is 19.1 Å². The van der Waals surface area contributed by atoms with E-state index in [2.05, 4.69) is 15.2 Å². The Kier molecular flexibility index (Phi) is 6.15. The number of rotatable bonds is 5. The standard InChI is InChI=1S/C21H24ClN5O3S/c1-13(2)27-19(29)17-18(24-20(31-17)25-10-6-3-7-11-25)26(21(27)30)12-16(28)23-15-9-5-4-8-14(15)22/h4-5,8-9,13H,3,6-7,10-12H2,1-2H3,(H,23,28). The van der Waals surface area contributed by atoms with Crippen molar-refractivity contribution in [3.05, 3.63) is 50.1 Å². The molecular weight excluding hydrogens is 438 g/mol. The number of thiazole rings is 1. The van der Waals surface area contributed by atoms with Crippen LogP contribution in [0.5, 0.6) is 0 Å². The van der Waals surface area contributed by atoms with E-state index in [9.17, 15) is 14.4 Å². The highest BCUT2D eigenvalue weighted by Crippen LogP contribution is 2.28. The summed E-state index contributed by atoms with van der Waals surface area (Å²) in [6.07, 6.45) is 3.31. The van der Waals surface area contributed by atoms with Crippen LogP contribution in [-0.4, -0.2) is 33.1 Å². The van der Waals surface area contributed by atoms with E-state index in [-0.39, 0.29) is 23.8 Å². The fourth-order valence-corrected chi connectivity index (χ4v) is 5.00. The van der Waals surface area contributed by atoms with Crippen molar-refractivity contribution in [2.24, 2.45) is 0 Å². The van der Waals surface area contributed by atoms with Crippen LogP contribution in [-0.2, 0) is 11.3 Å². The maximum Gasteiger partial charge on any atom is 0.333 e. The molecule has 3 heterocycles. The number of para-hydroxylation sites is 1. The Labute approximate surface area is 188 Å². The zero-order chi connectivity index (χ0) is 22.1. The third-order valence-corrected chi connectivity index (χ3v) is 6.72. The lowest BCUT2D eigenvalue weighted by molar-refractivity contribution is -0.116. The molecule has 1 amide bonds. The highest BCUT2D eigenvalue weighted by Gasteiger charge is 2.23. The number of amides is 1. The van der Waals surface area contributed by atoms with Gasteiger partial charge in [-0.1, -0.05) is 35.1 Å². The Balaban J connectivity index is 1.77. The minimum Gasteiger partial charge on any atom is -0.348 e. The van der Waals surface area contributed by atoms with Gasteiger partial charge in [-0.15, -0.1) is 0 Å². The molecule has 0 aliphatic carbocycles. The molecule has 1 saturated heterocycles. The van der Waals surface area contributed by atoms with E-state index in [0.717, 1.165) is 25.9 Å². The molecule has 0 radical (unpaired) electrons. The Morgan fingerprint density at radius 1 is 1.19 bits per heavy atom. The van der Waals surface area contributed by atoms with Gasteiger partial charge >= 0.3 is 5.69 Å². The number of carbonyl (C=O) groups is 1. The Morgan fingerprint density at radius 2 is 1.90 bits per heavy atom. The molecule has 0 bridgehead atoms. The number of hydrogen-bond acceptors (Lipinski definition) is 6. The minimum atomic E-state index is -0.544. The number of nitrogens with one attached hydrogen (secondary N) is 1. The van der Waals surface area contributed by atoms with Gasteiger partial charge in [-0.3, -0.25) is 18.7 Å². The fourth-order valence-electron chi connectivity index (χ4n) is 3.75. The normalized spacial score (nSPS) is 14.4. The van der Waals surface area contributed by atoms with Gasteiger partial charge in [-0.25, -0.2) is 9.78 Å². The molecule has 31 heavy (non-hydrogen) atoms. The predicted octanol–water partition coefficient (Wildman–Crippen LogP) is 3.48. The van der Waals surface area contributed by atoms with Gasteiger partial charge in [-0.05, 0) is 45.2 Å². The van der Waals surface area contributed by atoms with Crippen molar-refractivity contribution in [3.8, 4) is 0 Å². The van der Waals surface area contributed by atoms with Crippen molar-refractivity contribution >= 4 is 50.0 Å². The van der Waals surface area contributed by atoms with Crippen LogP contribution in [0.2, 0.25) is 5.02 Å².